The fraction of sp³-hybridized carbons (Fsp3) is 0.261. The first-order valence-electron chi connectivity index (χ1n) is 9.89. The van der Waals surface area contributed by atoms with Crippen LogP contribution < -0.4 is 19.5 Å². The number of methoxy groups -OCH3 is 2. The normalized spacial score (nSPS) is 11.4. The molecule has 33 heavy (non-hydrogen) atoms. The first-order valence-corrected chi connectivity index (χ1v) is 11.1. The molecule has 1 heterocycles. The Labute approximate surface area is 200 Å². The summed E-state index contributed by atoms with van der Waals surface area (Å²) in [6, 6.07) is 11.9. The summed E-state index contributed by atoms with van der Waals surface area (Å²) in [5.74, 6) is 0.527. The van der Waals surface area contributed by atoms with Crippen LogP contribution in [-0.2, 0) is 16.1 Å². The summed E-state index contributed by atoms with van der Waals surface area (Å²) in [5.41, 5.74) is 0.989. The monoisotopic (exact) mass is 490 g/mol. The lowest BCUT2D eigenvalue weighted by atomic mass is 10.2. The van der Waals surface area contributed by atoms with E-state index in [-0.39, 0.29) is 6.61 Å². The van der Waals surface area contributed by atoms with Crippen molar-refractivity contribution < 1.29 is 28.5 Å². The third-order valence-corrected chi connectivity index (χ3v) is 5.87. The number of ether oxygens (including phenoxy) is 4. The average Bonchev–Trinajstić information content (AvgIpc) is 3.19. The lowest BCUT2D eigenvalue weighted by Crippen LogP contribution is -2.30. The van der Waals surface area contributed by atoms with E-state index in [1.807, 2.05) is 0 Å². The van der Waals surface area contributed by atoms with Gasteiger partial charge in [0.25, 0.3) is 5.91 Å². The molecule has 0 spiro atoms. The van der Waals surface area contributed by atoms with Crippen molar-refractivity contribution in [3.05, 3.63) is 63.1 Å². The second kappa shape index (κ2) is 11.0. The highest BCUT2D eigenvalue weighted by Crippen LogP contribution is 2.30. The number of carbonyl (C=O) groups is 2. The van der Waals surface area contributed by atoms with Crippen molar-refractivity contribution in [1.29, 1.82) is 0 Å². The van der Waals surface area contributed by atoms with Crippen molar-refractivity contribution in [2.75, 3.05) is 19.5 Å². The Balaban J connectivity index is 1.58. The van der Waals surface area contributed by atoms with Crippen LogP contribution in [0.15, 0.2) is 42.5 Å². The maximum absolute atomic E-state index is 12.6. The third-order valence-electron chi connectivity index (χ3n) is 4.51. The zero-order valence-corrected chi connectivity index (χ0v) is 20.1. The van der Waals surface area contributed by atoms with E-state index in [0.29, 0.717) is 43.5 Å². The van der Waals surface area contributed by atoms with Crippen LogP contribution in [0.4, 0.5) is 5.69 Å². The summed E-state index contributed by atoms with van der Waals surface area (Å²) >= 11 is 7.02. The van der Waals surface area contributed by atoms with E-state index in [0.717, 1.165) is 11.3 Å². The zero-order chi connectivity index (χ0) is 24.0. The van der Waals surface area contributed by atoms with Crippen LogP contribution in [0.25, 0.3) is 0 Å². The molecule has 0 bridgehead atoms. The molecule has 1 unspecified atom stereocenters. The van der Waals surface area contributed by atoms with Crippen molar-refractivity contribution in [3.63, 3.8) is 0 Å². The lowest BCUT2D eigenvalue weighted by Gasteiger charge is -2.14. The van der Waals surface area contributed by atoms with Gasteiger partial charge in [-0.05, 0) is 50.2 Å². The predicted octanol–water partition coefficient (Wildman–Crippen LogP) is 4.89. The molecular weight excluding hydrogens is 468 g/mol. The number of anilines is 1. The molecule has 0 saturated carbocycles. The molecule has 3 aromatic rings. The molecule has 2 aromatic carbocycles. The molecule has 3 rings (SSSR count). The van der Waals surface area contributed by atoms with E-state index in [9.17, 15) is 9.59 Å². The number of carbonyl (C=O) groups excluding carboxylic acids is 2. The Morgan fingerprint density at radius 3 is 2.45 bits per heavy atom. The Kier molecular flexibility index (Phi) is 8.13. The van der Waals surface area contributed by atoms with E-state index in [1.54, 1.807) is 49.4 Å². The minimum absolute atomic E-state index is 0.190. The largest absolute Gasteiger partial charge is 0.493 e. The van der Waals surface area contributed by atoms with E-state index < -0.39 is 18.0 Å². The van der Waals surface area contributed by atoms with Gasteiger partial charge in [0, 0.05) is 16.8 Å². The van der Waals surface area contributed by atoms with Crippen LogP contribution >= 0.6 is 22.9 Å². The number of hydrogen-bond acceptors (Lipinski definition) is 8. The summed E-state index contributed by atoms with van der Waals surface area (Å²) in [6.07, 6.45) is -1.03. The number of nitrogens with one attached hydrogen (secondary N) is 1. The van der Waals surface area contributed by atoms with Crippen molar-refractivity contribution in [2.45, 2.75) is 26.6 Å². The van der Waals surface area contributed by atoms with Crippen LogP contribution in [0.5, 0.6) is 17.2 Å². The van der Waals surface area contributed by atoms with Crippen LogP contribution in [0, 0.1) is 6.92 Å². The zero-order valence-electron chi connectivity index (χ0n) is 18.5. The standard InChI is InChI=1S/C23H23ClN2O6S/c1-13-21(33-20(25-13)12-31-17-8-5-15(24)6-9-17)23(28)32-14(2)22(27)26-16-7-10-18(29-3)19(11-16)30-4/h5-11,14H,12H2,1-4H3,(H,26,27). The van der Waals surface area contributed by atoms with Gasteiger partial charge < -0.3 is 24.3 Å². The number of thiazole rings is 1. The molecule has 0 saturated heterocycles. The summed E-state index contributed by atoms with van der Waals surface area (Å²) in [6.45, 7) is 3.39. The molecular formula is C23H23ClN2O6S. The van der Waals surface area contributed by atoms with Gasteiger partial charge in [0.05, 0.1) is 19.9 Å². The fourth-order valence-corrected chi connectivity index (χ4v) is 3.79. The van der Waals surface area contributed by atoms with Gasteiger partial charge in [-0.1, -0.05) is 11.6 Å². The smallest absolute Gasteiger partial charge is 0.351 e. The third kappa shape index (κ3) is 6.36. The van der Waals surface area contributed by atoms with Gasteiger partial charge in [0.1, 0.15) is 22.2 Å². The highest BCUT2D eigenvalue weighted by Gasteiger charge is 2.23. The van der Waals surface area contributed by atoms with Gasteiger partial charge in [-0.2, -0.15) is 0 Å². The second-order valence-electron chi connectivity index (χ2n) is 6.87. The quantitative estimate of drug-likeness (QED) is 0.427. The van der Waals surface area contributed by atoms with Crippen LogP contribution in [0.2, 0.25) is 5.02 Å². The molecule has 0 aliphatic rings. The second-order valence-corrected chi connectivity index (χ2v) is 8.39. The first kappa shape index (κ1) is 24.3. The van der Waals surface area contributed by atoms with Crippen LogP contribution in [0.1, 0.15) is 27.3 Å². The molecule has 8 nitrogen and oxygen atoms in total. The predicted molar refractivity (Wildman–Crippen MR) is 126 cm³/mol. The summed E-state index contributed by atoms with van der Waals surface area (Å²) in [5, 5.41) is 3.91. The Bertz CT molecular complexity index is 1130. The van der Waals surface area contributed by atoms with Gasteiger partial charge in [0.15, 0.2) is 17.6 Å². The number of aryl methyl sites for hydroxylation is 1. The molecule has 0 fully saturated rings. The number of hydrogen-bond donors (Lipinski definition) is 1. The Morgan fingerprint density at radius 2 is 1.79 bits per heavy atom. The Hall–Kier alpha value is -3.30. The maximum atomic E-state index is 12.6. The fourth-order valence-electron chi connectivity index (χ4n) is 2.80. The highest BCUT2D eigenvalue weighted by molar-refractivity contribution is 7.13. The molecule has 1 aromatic heterocycles. The van der Waals surface area contributed by atoms with Crippen molar-refractivity contribution in [3.8, 4) is 17.2 Å². The van der Waals surface area contributed by atoms with Crippen molar-refractivity contribution >= 4 is 40.5 Å². The van der Waals surface area contributed by atoms with Gasteiger partial charge in [-0.15, -0.1) is 11.3 Å². The van der Waals surface area contributed by atoms with E-state index in [4.69, 9.17) is 30.5 Å². The summed E-state index contributed by atoms with van der Waals surface area (Å²) in [4.78, 5) is 29.8. The summed E-state index contributed by atoms with van der Waals surface area (Å²) in [7, 11) is 3.02. The van der Waals surface area contributed by atoms with Crippen LogP contribution in [-0.4, -0.2) is 37.2 Å². The van der Waals surface area contributed by atoms with Gasteiger partial charge >= 0.3 is 5.97 Å². The molecule has 1 atom stereocenters. The number of benzene rings is 2. The van der Waals surface area contributed by atoms with Gasteiger partial charge in [0.2, 0.25) is 0 Å². The molecule has 0 aliphatic heterocycles. The number of halogens is 1. The van der Waals surface area contributed by atoms with Crippen molar-refractivity contribution in [1.82, 2.24) is 4.98 Å². The molecule has 10 heteroatoms. The van der Waals surface area contributed by atoms with Crippen molar-refractivity contribution in [2.24, 2.45) is 0 Å². The van der Waals surface area contributed by atoms with Gasteiger partial charge in [-0.3, -0.25) is 4.79 Å². The highest BCUT2D eigenvalue weighted by atomic mass is 35.5. The van der Waals surface area contributed by atoms with E-state index in [2.05, 4.69) is 10.3 Å². The molecule has 0 aliphatic carbocycles. The number of amides is 1. The molecule has 1 N–H and O–H groups in total. The topological polar surface area (TPSA) is 96.0 Å². The lowest BCUT2D eigenvalue weighted by molar-refractivity contribution is -0.123. The summed E-state index contributed by atoms with van der Waals surface area (Å²) < 4.78 is 21.4. The van der Waals surface area contributed by atoms with Gasteiger partial charge in [-0.25, -0.2) is 9.78 Å². The molecule has 174 valence electrons. The molecule has 1 amide bonds. The van der Waals surface area contributed by atoms with Crippen LogP contribution in [0.3, 0.4) is 0 Å². The number of rotatable bonds is 9. The first-order chi connectivity index (χ1) is 15.8. The number of aromatic nitrogens is 1. The average molecular weight is 491 g/mol. The number of esters is 1. The Morgan fingerprint density at radius 1 is 1.09 bits per heavy atom. The SMILES string of the molecule is COc1ccc(NC(=O)C(C)OC(=O)c2sc(COc3ccc(Cl)cc3)nc2C)cc1OC. The molecule has 0 radical (unpaired) electrons. The number of nitrogens with zero attached hydrogens (tertiary/aromatic N) is 1. The van der Waals surface area contributed by atoms with E-state index >= 15 is 0 Å². The minimum atomic E-state index is -1.03. The minimum Gasteiger partial charge on any atom is -0.493 e. The van der Waals surface area contributed by atoms with E-state index in [1.165, 1.54) is 21.1 Å². The maximum Gasteiger partial charge on any atom is 0.351 e.